The number of aromatic hydroxyl groups is 1. The second kappa shape index (κ2) is 6.34. The molecule has 0 spiro atoms. The molecule has 0 radical (unpaired) electrons. The van der Waals surface area contributed by atoms with E-state index >= 15 is 0 Å². The SMILES string of the molecule is COc1ccc(-c2cc(=O)c3c(O)cc4c(c3o2)C=CC(C)(C)O4)cc1OC. The zero-order chi connectivity index (χ0) is 20.1. The number of benzene rings is 2. The van der Waals surface area contributed by atoms with E-state index in [4.69, 9.17) is 18.6 Å². The normalized spacial score (nSPS) is 14.4. The molecule has 0 bridgehead atoms. The lowest BCUT2D eigenvalue weighted by Gasteiger charge is -2.28. The lowest BCUT2D eigenvalue weighted by molar-refractivity contribution is 0.158. The van der Waals surface area contributed by atoms with Gasteiger partial charge in [-0.2, -0.15) is 0 Å². The first-order chi connectivity index (χ1) is 13.3. The number of methoxy groups -OCH3 is 2. The summed E-state index contributed by atoms with van der Waals surface area (Å²) < 4.78 is 22.6. The molecule has 2 heterocycles. The quantitative estimate of drug-likeness (QED) is 0.727. The van der Waals surface area contributed by atoms with Gasteiger partial charge in [-0.1, -0.05) is 0 Å². The van der Waals surface area contributed by atoms with E-state index in [-0.39, 0.29) is 22.1 Å². The molecule has 4 rings (SSSR count). The number of ether oxygens (including phenoxy) is 3. The molecular weight excluding hydrogens is 360 g/mol. The zero-order valence-corrected chi connectivity index (χ0v) is 16.0. The number of hydrogen-bond donors (Lipinski definition) is 1. The summed E-state index contributed by atoms with van der Waals surface area (Å²) in [4.78, 5) is 12.7. The van der Waals surface area contributed by atoms with Crippen molar-refractivity contribution < 1.29 is 23.7 Å². The molecule has 1 N–H and O–H groups in total. The van der Waals surface area contributed by atoms with Gasteiger partial charge in [-0.05, 0) is 44.2 Å². The Balaban J connectivity index is 1.97. The first-order valence-corrected chi connectivity index (χ1v) is 8.77. The maximum absolute atomic E-state index is 12.7. The highest BCUT2D eigenvalue weighted by Gasteiger charge is 2.26. The molecule has 1 aromatic heterocycles. The van der Waals surface area contributed by atoms with Crippen LogP contribution in [-0.4, -0.2) is 24.9 Å². The Morgan fingerprint density at radius 2 is 1.79 bits per heavy atom. The molecule has 2 aromatic carbocycles. The molecule has 0 fully saturated rings. The number of phenols is 1. The van der Waals surface area contributed by atoms with Crippen LogP contribution >= 0.6 is 0 Å². The fourth-order valence-electron chi connectivity index (χ4n) is 3.29. The molecule has 3 aromatic rings. The first kappa shape index (κ1) is 18.0. The molecule has 0 aliphatic carbocycles. The summed E-state index contributed by atoms with van der Waals surface area (Å²) in [5.74, 6) is 1.73. The van der Waals surface area contributed by atoms with Crippen LogP contribution in [0.1, 0.15) is 19.4 Å². The summed E-state index contributed by atoms with van der Waals surface area (Å²) in [5, 5.41) is 10.5. The number of phenolic OH excluding ortho intramolecular Hbond substituents is 1. The van der Waals surface area contributed by atoms with Crippen molar-refractivity contribution in [1.82, 2.24) is 0 Å². The van der Waals surface area contributed by atoms with Crippen molar-refractivity contribution in [2.45, 2.75) is 19.4 Å². The van der Waals surface area contributed by atoms with Crippen molar-refractivity contribution in [3.05, 3.63) is 52.2 Å². The third-order valence-corrected chi connectivity index (χ3v) is 4.67. The Morgan fingerprint density at radius 1 is 1.04 bits per heavy atom. The molecule has 6 nitrogen and oxygen atoms in total. The maximum atomic E-state index is 12.7. The lowest BCUT2D eigenvalue weighted by atomic mass is 9.99. The highest BCUT2D eigenvalue weighted by atomic mass is 16.5. The molecule has 0 atom stereocenters. The van der Waals surface area contributed by atoms with E-state index in [2.05, 4.69) is 0 Å². The molecule has 1 aliphatic heterocycles. The molecule has 6 heteroatoms. The Morgan fingerprint density at radius 3 is 2.50 bits per heavy atom. The van der Waals surface area contributed by atoms with Crippen LogP contribution in [0.5, 0.6) is 23.0 Å². The minimum absolute atomic E-state index is 0.121. The molecule has 0 amide bonds. The molecule has 1 aliphatic rings. The summed E-state index contributed by atoms with van der Waals surface area (Å²) in [6, 6.07) is 8.05. The van der Waals surface area contributed by atoms with Gasteiger partial charge >= 0.3 is 0 Å². The van der Waals surface area contributed by atoms with E-state index in [1.54, 1.807) is 25.3 Å². The van der Waals surface area contributed by atoms with Crippen molar-refractivity contribution in [3.8, 4) is 34.3 Å². The highest BCUT2D eigenvalue weighted by molar-refractivity contribution is 5.94. The highest BCUT2D eigenvalue weighted by Crippen LogP contribution is 2.41. The number of fused-ring (bicyclic) bond motifs is 3. The second-order valence-electron chi connectivity index (χ2n) is 7.10. The van der Waals surface area contributed by atoms with E-state index < -0.39 is 5.60 Å². The van der Waals surface area contributed by atoms with Gasteiger partial charge in [0.25, 0.3) is 0 Å². The Kier molecular flexibility index (Phi) is 4.07. The third kappa shape index (κ3) is 2.87. The standard InChI is InChI=1S/C22H20O6/c1-22(2)8-7-13-18(28-22)11-15(24)20-14(23)10-17(27-21(13)20)12-5-6-16(25-3)19(9-12)26-4/h5-11,24H,1-4H3. The van der Waals surface area contributed by atoms with Crippen LogP contribution in [0.2, 0.25) is 0 Å². The Bertz CT molecular complexity index is 1170. The van der Waals surface area contributed by atoms with Crippen molar-refractivity contribution in [2.75, 3.05) is 14.2 Å². The van der Waals surface area contributed by atoms with E-state index in [1.165, 1.54) is 19.2 Å². The fourth-order valence-corrected chi connectivity index (χ4v) is 3.29. The maximum Gasteiger partial charge on any atom is 0.197 e. The van der Waals surface area contributed by atoms with Gasteiger partial charge in [0.2, 0.25) is 0 Å². The van der Waals surface area contributed by atoms with E-state index in [0.717, 1.165) is 0 Å². The van der Waals surface area contributed by atoms with Gasteiger partial charge in [-0.15, -0.1) is 0 Å². The lowest BCUT2D eigenvalue weighted by Crippen LogP contribution is -2.27. The Hall–Kier alpha value is -3.41. The van der Waals surface area contributed by atoms with Crippen LogP contribution in [0, 0.1) is 0 Å². The summed E-state index contributed by atoms with van der Waals surface area (Å²) in [6.07, 6.45) is 3.73. The average molecular weight is 380 g/mol. The van der Waals surface area contributed by atoms with Crippen LogP contribution in [-0.2, 0) is 0 Å². The van der Waals surface area contributed by atoms with E-state index in [0.29, 0.717) is 34.1 Å². The van der Waals surface area contributed by atoms with Gasteiger partial charge in [0.05, 0.1) is 19.8 Å². The third-order valence-electron chi connectivity index (χ3n) is 4.67. The van der Waals surface area contributed by atoms with Gasteiger partial charge in [-0.25, -0.2) is 0 Å². The Labute approximate surface area is 161 Å². The van der Waals surface area contributed by atoms with Crippen molar-refractivity contribution in [2.24, 2.45) is 0 Å². The smallest absolute Gasteiger partial charge is 0.197 e. The van der Waals surface area contributed by atoms with Crippen molar-refractivity contribution in [1.29, 1.82) is 0 Å². The molecule has 28 heavy (non-hydrogen) atoms. The van der Waals surface area contributed by atoms with Gasteiger partial charge < -0.3 is 23.7 Å². The average Bonchev–Trinajstić information content (AvgIpc) is 2.65. The van der Waals surface area contributed by atoms with Gasteiger partial charge in [0.1, 0.15) is 28.2 Å². The first-order valence-electron chi connectivity index (χ1n) is 8.77. The second-order valence-corrected chi connectivity index (χ2v) is 7.10. The minimum Gasteiger partial charge on any atom is -0.507 e. The predicted octanol–water partition coefficient (Wildman–Crippen LogP) is 4.37. The number of rotatable bonds is 3. The summed E-state index contributed by atoms with van der Waals surface area (Å²) >= 11 is 0. The molecule has 0 unspecified atom stereocenters. The molecule has 144 valence electrons. The summed E-state index contributed by atoms with van der Waals surface area (Å²) in [6.45, 7) is 3.81. The van der Waals surface area contributed by atoms with Gasteiger partial charge in [-0.3, -0.25) is 4.79 Å². The molecule has 0 saturated carbocycles. The van der Waals surface area contributed by atoms with Crippen LogP contribution < -0.4 is 19.6 Å². The van der Waals surface area contributed by atoms with Crippen LogP contribution in [0.4, 0.5) is 0 Å². The van der Waals surface area contributed by atoms with Crippen LogP contribution in [0.25, 0.3) is 28.4 Å². The molecular formula is C22H20O6. The van der Waals surface area contributed by atoms with Crippen LogP contribution in [0.15, 0.2) is 45.6 Å². The van der Waals surface area contributed by atoms with Crippen molar-refractivity contribution >= 4 is 17.0 Å². The minimum atomic E-state index is -0.519. The summed E-state index contributed by atoms with van der Waals surface area (Å²) in [5.41, 5.74) is 0.680. The topological polar surface area (TPSA) is 78.1 Å². The van der Waals surface area contributed by atoms with Gasteiger partial charge in [0, 0.05) is 17.7 Å². The van der Waals surface area contributed by atoms with Gasteiger partial charge in [0.15, 0.2) is 22.5 Å². The van der Waals surface area contributed by atoms with E-state index in [1.807, 2.05) is 26.0 Å². The number of hydrogen-bond acceptors (Lipinski definition) is 6. The monoisotopic (exact) mass is 380 g/mol. The fraction of sp³-hybridized carbons (Fsp3) is 0.227. The van der Waals surface area contributed by atoms with Crippen LogP contribution in [0.3, 0.4) is 0 Å². The summed E-state index contributed by atoms with van der Waals surface area (Å²) in [7, 11) is 3.09. The molecule has 0 saturated heterocycles. The zero-order valence-electron chi connectivity index (χ0n) is 16.0. The van der Waals surface area contributed by atoms with Crippen molar-refractivity contribution in [3.63, 3.8) is 0 Å². The largest absolute Gasteiger partial charge is 0.507 e. The van der Waals surface area contributed by atoms with E-state index in [9.17, 15) is 9.90 Å². The predicted molar refractivity (Wildman–Crippen MR) is 106 cm³/mol.